The number of aromatic nitrogens is 3. The van der Waals surface area contributed by atoms with Crippen molar-refractivity contribution >= 4 is 23.2 Å². The quantitative estimate of drug-likeness (QED) is 0.137. The summed E-state index contributed by atoms with van der Waals surface area (Å²) in [5, 5.41) is 15.9. The number of hydrogen-bond donors (Lipinski definition) is 3. The Morgan fingerprint density at radius 2 is 1.67 bits per heavy atom. The molecule has 2 heterocycles. The summed E-state index contributed by atoms with van der Waals surface area (Å²) in [4.78, 5) is 34.4. The van der Waals surface area contributed by atoms with Crippen LogP contribution < -0.4 is 24.8 Å². The van der Waals surface area contributed by atoms with Gasteiger partial charge in [-0.25, -0.2) is 14.4 Å². The molecule has 5 aromatic rings. The van der Waals surface area contributed by atoms with Gasteiger partial charge in [0.25, 0.3) is 5.91 Å². The van der Waals surface area contributed by atoms with Gasteiger partial charge in [-0.15, -0.1) is 0 Å². The Balaban J connectivity index is 1.30. The van der Waals surface area contributed by atoms with Gasteiger partial charge in [-0.2, -0.15) is 0 Å². The van der Waals surface area contributed by atoms with Crippen LogP contribution in [-0.2, 0) is 17.9 Å². The van der Waals surface area contributed by atoms with Crippen LogP contribution in [0.3, 0.4) is 0 Å². The van der Waals surface area contributed by atoms with Gasteiger partial charge in [0.15, 0.2) is 5.82 Å². The first-order valence-electron chi connectivity index (χ1n) is 16.0. The van der Waals surface area contributed by atoms with E-state index >= 15 is 0 Å². The SMILES string of the molecule is COc1ccc(CNc2nccn3c(C4CCC(C(=O)O)CC4)nc(-c4ccc(CNC(=O)c5cc(F)ccc5OC)cc4)c23)c(OC)c1. The molecule has 12 heteroatoms. The van der Waals surface area contributed by atoms with Crippen molar-refractivity contribution in [1.29, 1.82) is 0 Å². The Morgan fingerprint density at radius 1 is 0.918 bits per heavy atom. The molecule has 1 saturated carbocycles. The van der Waals surface area contributed by atoms with Crippen molar-refractivity contribution in [1.82, 2.24) is 19.7 Å². The lowest BCUT2D eigenvalue weighted by Crippen LogP contribution is -2.23. The van der Waals surface area contributed by atoms with E-state index in [4.69, 9.17) is 24.2 Å². The summed E-state index contributed by atoms with van der Waals surface area (Å²) in [6.45, 7) is 0.650. The number of aliphatic carboxylic acids is 1. The average Bonchev–Trinajstić information content (AvgIpc) is 3.53. The van der Waals surface area contributed by atoms with Crippen molar-refractivity contribution in [3.05, 3.63) is 101 Å². The zero-order valence-electron chi connectivity index (χ0n) is 27.5. The second kappa shape index (κ2) is 14.6. The number of amides is 1. The predicted molar refractivity (Wildman–Crippen MR) is 182 cm³/mol. The number of carboxylic acids is 1. The van der Waals surface area contributed by atoms with Crippen LogP contribution in [0.15, 0.2) is 73.1 Å². The van der Waals surface area contributed by atoms with Gasteiger partial charge < -0.3 is 30.0 Å². The lowest BCUT2D eigenvalue weighted by molar-refractivity contribution is -0.142. The minimum atomic E-state index is -0.747. The largest absolute Gasteiger partial charge is 0.497 e. The first kappa shape index (κ1) is 33.3. The number of benzene rings is 3. The van der Waals surface area contributed by atoms with E-state index in [1.165, 1.54) is 19.2 Å². The highest BCUT2D eigenvalue weighted by Crippen LogP contribution is 2.39. The lowest BCUT2D eigenvalue weighted by Gasteiger charge is -2.25. The normalized spacial score (nSPS) is 15.8. The van der Waals surface area contributed by atoms with Crippen molar-refractivity contribution < 1.29 is 33.3 Å². The molecule has 49 heavy (non-hydrogen) atoms. The minimum absolute atomic E-state index is 0.0862. The molecule has 1 fully saturated rings. The molecular weight excluding hydrogens is 629 g/mol. The molecule has 2 aromatic heterocycles. The zero-order chi connectivity index (χ0) is 34.5. The number of hydrogen-bond acceptors (Lipinski definition) is 8. The summed E-state index contributed by atoms with van der Waals surface area (Å²) >= 11 is 0. The number of methoxy groups -OCH3 is 3. The summed E-state index contributed by atoms with van der Waals surface area (Å²) in [6, 6.07) is 17.2. The molecule has 254 valence electrons. The number of nitrogens with one attached hydrogen (secondary N) is 2. The van der Waals surface area contributed by atoms with E-state index in [-0.39, 0.29) is 29.7 Å². The van der Waals surface area contributed by atoms with Crippen molar-refractivity contribution in [3.8, 4) is 28.5 Å². The van der Waals surface area contributed by atoms with Gasteiger partial charge in [-0.3, -0.25) is 14.0 Å². The molecule has 0 aliphatic heterocycles. The number of anilines is 1. The topological polar surface area (TPSA) is 136 Å². The summed E-state index contributed by atoms with van der Waals surface area (Å²) in [7, 11) is 4.66. The standard InChI is InChI=1S/C37H38FN5O6/c1-47-28-14-12-26(31(19-28)49-3)21-40-34-33-32(42-35(43(33)17-16-39-34)24-8-10-25(11-9-24)37(45)46)23-6-4-22(5-7-23)20-41-36(44)29-18-27(38)13-15-30(29)48-2/h4-7,12-19,24-25H,8-11,20-21H2,1-3H3,(H,39,40)(H,41,44)(H,45,46). The average molecular weight is 668 g/mol. The fraction of sp³-hybridized carbons (Fsp3) is 0.297. The second-order valence-electron chi connectivity index (χ2n) is 12.0. The van der Waals surface area contributed by atoms with Gasteiger partial charge >= 0.3 is 5.97 Å². The molecule has 0 atom stereocenters. The minimum Gasteiger partial charge on any atom is -0.497 e. The third-order valence-corrected chi connectivity index (χ3v) is 9.05. The molecule has 0 unspecified atom stereocenters. The van der Waals surface area contributed by atoms with Crippen LogP contribution in [0.25, 0.3) is 16.8 Å². The van der Waals surface area contributed by atoms with E-state index < -0.39 is 17.7 Å². The Bertz CT molecular complexity index is 1970. The van der Waals surface area contributed by atoms with Crippen LogP contribution in [0.1, 0.15) is 58.9 Å². The fourth-order valence-corrected chi connectivity index (χ4v) is 6.37. The number of imidazole rings is 1. The van der Waals surface area contributed by atoms with E-state index in [9.17, 15) is 19.1 Å². The summed E-state index contributed by atoms with van der Waals surface area (Å²) in [5.41, 5.74) is 4.25. The molecule has 6 rings (SSSR count). The second-order valence-corrected chi connectivity index (χ2v) is 12.0. The molecule has 1 aliphatic carbocycles. The van der Waals surface area contributed by atoms with Gasteiger partial charge in [0.1, 0.15) is 40.1 Å². The molecule has 0 spiro atoms. The molecule has 0 radical (unpaired) electrons. The first-order chi connectivity index (χ1) is 23.8. The molecule has 1 aliphatic rings. The molecule has 3 aromatic carbocycles. The molecule has 0 saturated heterocycles. The number of carbonyl (C=O) groups excluding carboxylic acids is 1. The van der Waals surface area contributed by atoms with E-state index in [1.54, 1.807) is 20.4 Å². The van der Waals surface area contributed by atoms with Crippen LogP contribution in [0.4, 0.5) is 10.2 Å². The Hall–Kier alpha value is -5.65. The fourth-order valence-electron chi connectivity index (χ4n) is 6.37. The van der Waals surface area contributed by atoms with Gasteiger partial charge in [0, 0.05) is 48.6 Å². The summed E-state index contributed by atoms with van der Waals surface area (Å²) < 4.78 is 32.1. The van der Waals surface area contributed by atoms with Crippen molar-refractivity contribution in [2.24, 2.45) is 5.92 Å². The van der Waals surface area contributed by atoms with Crippen LogP contribution in [-0.4, -0.2) is 52.7 Å². The summed E-state index contributed by atoms with van der Waals surface area (Å²) in [6.07, 6.45) is 6.27. The molecular formula is C37H38FN5O6. The lowest BCUT2D eigenvalue weighted by atomic mass is 9.81. The maximum atomic E-state index is 13.8. The molecule has 11 nitrogen and oxygen atoms in total. The highest BCUT2D eigenvalue weighted by atomic mass is 19.1. The third kappa shape index (κ3) is 7.13. The first-order valence-corrected chi connectivity index (χ1v) is 16.0. The van der Waals surface area contributed by atoms with Crippen LogP contribution >= 0.6 is 0 Å². The van der Waals surface area contributed by atoms with E-state index in [0.717, 1.165) is 52.6 Å². The van der Waals surface area contributed by atoms with Gasteiger partial charge in [0.05, 0.1) is 32.8 Å². The Kier molecular flexibility index (Phi) is 9.93. The van der Waals surface area contributed by atoms with Gasteiger partial charge in [-0.05, 0) is 61.6 Å². The highest BCUT2D eigenvalue weighted by Gasteiger charge is 2.30. The third-order valence-electron chi connectivity index (χ3n) is 9.05. The maximum absolute atomic E-state index is 13.8. The van der Waals surface area contributed by atoms with E-state index in [2.05, 4.69) is 15.0 Å². The molecule has 3 N–H and O–H groups in total. The van der Waals surface area contributed by atoms with Crippen LogP contribution in [0.2, 0.25) is 0 Å². The van der Waals surface area contributed by atoms with Gasteiger partial charge in [0.2, 0.25) is 0 Å². The number of carbonyl (C=O) groups is 2. The number of nitrogens with zero attached hydrogens (tertiary/aromatic N) is 3. The Labute approximate surface area is 283 Å². The monoisotopic (exact) mass is 667 g/mol. The Morgan fingerprint density at radius 3 is 2.37 bits per heavy atom. The highest BCUT2D eigenvalue weighted by molar-refractivity contribution is 5.97. The number of carboxylic acid groups (broad SMARTS) is 1. The van der Waals surface area contributed by atoms with Gasteiger partial charge in [-0.1, -0.05) is 24.3 Å². The number of rotatable bonds is 12. The molecule has 1 amide bonds. The smallest absolute Gasteiger partial charge is 0.306 e. The number of halogens is 1. The zero-order valence-corrected chi connectivity index (χ0v) is 27.5. The maximum Gasteiger partial charge on any atom is 0.306 e. The van der Waals surface area contributed by atoms with E-state index in [1.807, 2.05) is 48.7 Å². The van der Waals surface area contributed by atoms with Crippen molar-refractivity contribution in [2.45, 2.75) is 44.7 Å². The summed E-state index contributed by atoms with van der Waals surface area (Å²) in [5.74, 6) is 1.19. The van der Waals surface area contributed by atoms with Crippen LogP contribution in [0.5, 0.6) is 17.2 Å². The van der Waals surface area contributed by atoms with Crippen LogP contribution in [0, 0.1) is 11.7 Å². The van der Waals surface area contributed by atoms with E-state index in [0.29, 0.717) is 36.7 Å². The number of fused-ring (bicyclic) bond motifs is 1. The van der Waals surface area contributed by atoms with Crippen molar-refractivity contribution in [3.63, 3.8) is 0 Å². The molecule has 0 bridgehead atoms. The number of ether oxygens (including phenoxy) is 3. The predicted octanol–water partition coefficient (Wildman–Crippen LogP) is 6.46. The van der Waals surface area contributed by atoms with Crippen molar-refractivity contribution in [2.75, 3.05) is 26.6 Å².